The largest absolute Gasteiger partial charge is 0.497 e. The van der Waals surface area contributed by atoms with Gasteiger partial charge in [-0.1, -0.05) is 39.8 Å². The highest BCUT2D eigenvalue weighted by Gasteiger charge is 2.21. The van der Waals surface area contributed by atoms with Gasteiger partial charge in [0.05, 0.1) is 12.4 Å². The van der Waals surface area contributed by atoms with Gasteiger partial charge in [-0.2, -0.15) is 0 Å². The molecule has 0 radical (unpaired) electrons. The first kappa shape index (κ1) is 19.6. The van der Waals surface area contributed by atoms with Crippen LogP contribution in [0.4, 0.5) is 0 Å². The van der Waals surface area contributed by atoms with E-state index >= 15 is 0 Å². The predicted molar refractivity (Wildman–Crippen MR) is 111 cm³/mol. The fraction of sp³-hybridized carbons (Fsp3) is 0.250. The summed E-state index contributed by atoms with van der Waals surface area (Å²) >= 11 is 4.82. The monoisotopic (exact) mass is 445 g/mol. The second kappa shape index (κ2) is 8.71. The number of ether oxygens (including phenoxy) is 1. The van der Waals surface area contributed by atoms with Gasteiger partial charge in [0, 0.05) is 22.1 Å². The summed E-state index contributed by atoms with van der Waals surface area (Å²) < 4.78 is 8.19. The molecule has 0 saturated carbocycles. The smallest absolute Gasteiger partial charge is 0.192 e. The standard InChI is InChI=1S/C20H20BrN3O2S/c1-4-24-19(15-7-11-17(26-3)12-8-15)22-23-20(24)27-13(2)18(25)14-5-9-16(21)10-6-14/h5-13H,4H2,1-3H3. The lowest BCUT2D eigenvalue weighted by Gasteiger charge is -2.12. The predicted octanol–water partition coefficient (Wildman–Crippen LogP) is 5.10. The SMILES string of the molecule is CCn1c(SC(C)C(=O)c2ccc(Br)cc2)nnc1-c1ccc(OC)cc1. The Kier molecular flexibility index (Phi) is 6.34. The number of hydrogen-bond donors (Lipinski definition) is 0. The van der Waals surface area contributed by atoms with Gasteiger partial charge in [-0.3, -0.25) is 4.79 Å². The Morgan fingerprint density at radius 2 is 1.81 bits per heavy atom. The van der Waals surface area contributed by atoms with Crippen molar-refractivity contribution in [3.63, 3.8) is 0 Å². The van der Waals surface area contributed by atoms with Crippen LogP contribution in [0.2, 0.25) is 0 Å². The highest BCUT2D eigenvalue weighted by Crippen LogP contribution is 2.29. The van der Waals surface area contributed by atoms with Gasteiger partial charge in [-0.25, -0.2) is 0 Å². The van der Waals surface area contributed by atoms with Crippen LogP contribution in [0, 0.1) is 0 Å². The second-order valence-electron chi connectivity index (χ2n) is 5.91. The van der Waals surface area contributed by atoms with Gasteiger partial charge < -0.3 is 9.30 Å². The number of carbonyl (C=O) groups excluding carboxylic acids is 1. The summed E-state index contributed by atoms with van der Waals surface area (Å²) in [4.78, 5) is 12.7. The van der Waals surface area contributed by atoms with Crippen molar-refractivity contribution < 1.29 is 9.53 Å². The molecular formula is C20H20BrN3O2S. The maximum absolute atomic E-state index is 12.7. The lowest BCUT2D eigenvalue weighted by molar-refractivity contribution is 0.0994. The molecule has 1 aromatic heterocycles. The molecule has 0 aliphatic rings. The van der Waals surface area contributed by atoms with E-state index in [1.807, 2.05) is 66.9 Å². The summed E-state index contributed by atoms with van der Waals surface area (Å²) in [5.41, 5.74) is 1.65. The molecule has 0 N–H and O–H groups in total. The van der Waals surface area contributed by atoms with Gasteiger partial charge in [-0.05, 0) is 50.2 Å². The number of hydrogen-bond acceptors (Lipinski definition) is 5. The highest BCUT2D eigenvalue weighted by atomic mass is 79.9. The molecule has 1 unspecified atom stereocenters. The Morgan fingerprint density at radius 3 is 2.41 bits per heavy atom. The molecule has 1 atom stereocenters. The lowest BCUT2D eigenvalue weighted by atomic mass is 10.1. The molecule has 0 spiro atoms. The first-order chi connectivity index (χ1) is 13.0. The number of rotatable bonds is 7. The topological polar surface area (TPSA) is 57.0 Å². The fourth-order valence-electron chi connectivity index (χ4n) is 2.68. The molecular weight excluding hydrogens is 426 g/mol. The molecule has 0 aliphatic carbocycles. The molecule has 3 rings (SSSR count). The van der Waals surface area contributed by atoms with Gasteiger partial charge >= 0.3 is 0 Å². The van der Waals surface area contributed by atoms with Gasteiger partial charge in [0.25, 0.3) is 0 Å². The minimum absolute atomic E-state index is 0.0733. The van der Waals surface area contributed by atoms with Crippen molar-refractivity contribution in [3.8, 4) is 17.1 Å². The van der Waals surface area contributed by atoms with Crippen molar-refractivity contribution in [1.29, 1.82) is 0 Å². The van der Waals surface area contributed by atoms with Crippen molar-refractivity contribution in [2.45, 2.75) is 30.8 Å². The van der Waals surface area contributed by atoms with Crippen LogP contribution in [-0.4, -0.2) is 32.9 Å². The first-order valence-electron chi connectivity index (χ1n) is 8.57. The summed E-state index contributed by atoms with van der Waals surface area (Å²) in [6.07, 6.45) is 0. The zero-order chi connectivity index (χ0) is 19.4. The molecule has 0 saturated heterocycles. The van der Waals surface area contributed by atoms with Crippen molar-refractivity contribution >= 4 is 33.5 Å². The normalized spacial score (nSPS) is 12.0. The minimum atomic E-state index is -0.260. The van der Waals surface area contributed by atoms with Crippen molar-refractivity contribution in [3.05, 3.63) is 58.6 Å². The number of methoxy groups -OCH3 is 1. The van der Waals surface area contributed by atoms with Crippen LogP contribution in [0.1, 0.15) is 24.2 Å². The molecule has 27 heavy (non-hydrogen) atoms. The zero-order valence-electron chi connectivity index (χ0n) is 15.3. The number of carbonyl (C=O) groups is 1. The Balaban J connectivity index is 1.81. The second-order valence-corrected chi connectivity index (χ2v) is 8.13. The summed E-state index contributed by atoms with van der Waals surface area (Å²) in [6.45, 7) is 4.66. The van der Waals surface area contributed by atoms with Crippen molar-refractivity contribution in [1.82, 2.24) is 14.8 Å². The lowest BCUT2D eigenvalue weighted by Crippen LogP contribution is -2.14. The highest BCUT2D eigenvalue weighted by molar-refractivity contribution is 9.10. The molecule has 3 aromatic rings. The average Bonchev–Trinajstić information content (AvgIpc) is 3.10. The number of aromatic nitrogens is 3. The van der Waals surface area contributed by atoms with E-state index in [0.717, 1.165) is 33.3 Å². The molecule has 2 aromatic carbocycles. The molecule has 140 valence electrons. The quantitative estimate of drug-likeness (QED) is 0.373. The summed E-state index contributed by atoms with van der Waals surface area (Å²) in [6, 6.07) is 15.1. The third kappa shape index (κ3) is 4.42. The van der Waals surface area contributed by atoms with Crippen LogP contribution in [0.3, 0.4) is 0 Å². The molecule has 7 heteroatoms. The summed E-state index contributed by atoms with van der Waals surface area (Å²) in [7, 11) is 1.64. The van der Waals surface area contributed by atoms with Crippen LogP contribution in [0.25, 0.3) is 11.4 Å². The van der Waals surface area contributed by atoms with Crippen LogP contribution >= 0.6 is 27.7 Å². The summed E-state index contributed by atoms with van der Waals surface area (Å²) in [5.74, 6) is 1.65. The average molecular weight is 446 g/mol. The van der Waals surface area contributed by atoms with E-state index in [4.69, 9.17) is 4.74 Å². The number of Topliss-reactive ketones (excluding diaryl/α,β-unsaturated/α-hetero) is 1. The van der Waals surface area contributed by atoms with Crippen LogP contribution < -0.4 is 4.74 Å². The van der Waals surface area contributed by atoms with Crippen LogP contribution in [0.15, 0.2) is 58.2 Å². The maximum Gasteiger partial charge on any atom is 0.192 e. The van der Waals surface area contributed by atoms with E-state index in [0.29, 0.717) is 5.56 Å². The Hall–Kier alpha value is -2.12. The van der Waals surface area contributed by atoms with Crippen LogP contribution in [-0.2, 0) is 6.54 Å². The number of halogens is 1. The van der Waals surface area contributed by atoms with E-state index in [1.54, 1.807) is 7.11 Å². The molecule has 0 aliphatic heterocycles. The van der Waals surface area contributed by atoms with E-state index in [9.17, 15) is 4.79 Å². The van der Waals surface area contributed by atoms with Gasteiger partial charge in [-0.15, -0.1) is 10.2 Å². The molecule has 0 fully saturated rings. The molecule has 0 bridgehead atoms. The van der Waals surface area contributed by atoms with Crippen molar-refractivity contribution in [2.75, 3.05) is 7.11 Å². The molecule has 0 amide bonds. The number of thioether (sulfide) groups is 1. The van der Waals surface area contributed by atoms with E-state index in [1.165, 1.54) is 11.8 Å². The van der Waals surface area contributed by atoms with Gasteiger partial charge in [0.2, 0.25) is 0 Å². The molecule has 1 heterocycles. The third-order valence-corrected chi connectivity index (χ3v) is 5.77. The Bertz CT molecular complexity index is 923. The van der Waals surface area contributed by atoms with E-state index in [2.05, 4.69) is 26.1 Å². The first-order valence-corrected chi connectivity index (χ1v) is 10.2. The zero-order valence-corrected chi connectivity index (χ0v) is 17.8. The summed E-state index contributed by atoms with van der Waals surface area (Å²) in [5, 5.41) is 9.14. The van der Waals surface area contributed by atoms with E-state index in [-0.39, 0.29) is 11.0 Å². The van der Waals surface area contributed by atoms with Crippen molar-refractivity contribution in [2.24, 2.45) is 0 Å². The number of nitrogens with zero attached hydrogens (tertiary/aromatic N) is 3. The third-order valence-electron chi connectivity index (χ3n) is 4.16. The fourth-order valence-corrected chi connectivity index (χ4v) is 3.93. The Morgan fingerprint density at radius 1 is 1.15 bits per heavy atom. The number of ketones is 1. The van der Waals surface area contributed by atoms with E-state index < -0.39 is 0 Å². The Labute approximate surface area is 171 Å². The number of benzene rings is 2. The van der Waals surface area contributed by atoms with Crippen LogP contribution in [0.5, 0.6) is 5.75 Å². The van der Waals surface area contributed by atoms with Gasteiger partial charge in [0.1, 0.15) is 5.75 Å². The maximum atomic E-state index is 12.7. The molecule has 5 nitrogen and oxygen atoms in total. The van der Waals surface area contributed by atoms with Gasteiger partial charge in [0.15, 0.2) is 16.8 Å². The minimum Gasteiger partial charge on any atom is -0.497 e.